The number of Topliss-reactive ketones (excluding diaryl/α,β-unsaturated/α-hetero) is 1. The van der Waals surface area contributed by atoms with Crippen LogP contribution in [-0.4, -0.2) is 11.2 Å². The largest absolute Gasteiger partial charge is 0.297 e. The minimum Gasteiger partial charge on any atom is -0.297 e. The van der Waals surface area contributed by atoms with E-state index in [1.165, 1.54) is 5.56 Å². The monoisotopic (exact) mass is 204 g/mol. The number of fused-ring (bicyclic) bond motifs is 1. The first-order valence-electron chi connectivity index (χ1n) is 4.74. The van der Waals surface area contributed by atoms with E-state index in [4.69, 9.17) is 11.6 Å². The third-order valence-corrected chi connectivity index (χ3v) is 3.58. The summed E-state index contributed by atoms with van der Waals surface area (Å²) in [6, 6.07) is 8.07. The molecule has 1 aromatic rings. The van der Waals surface area contributed by atoms with Gasteiger partial charge >= 0.3 is 0 Å². The number of alkyl halides is 1. The van der Waals surface area contributed by atoms with Crippen LogP contribution in [0.2, 0.25) is 0 Å². The highest BCUT2D eigenvalue weighted by molar-refractivity contribution is 6.33. The average molecular weight is 205 g/mol. The summed E-state index contributed by atoms with van der Waals surface area (Å²) in [4.78, 5) is 11.8. The lowest BCUT2D eigenvalue weighted by Gasteiger charge is -2.35. The molecular weight excluding hydrogens is 196 g/mol. The number of halogens is 1. The highest BCUT2D eigenvalue weighted by Crippen LogP contribution is 2.44. The van der Waals surface area contributed by atoms with E-state index < -0.39 is 0 Å². The molecule has 0 amide bonds. The van der Waals surface area contributed by atoms with Crippen LogP contribution in [0.1, 0.15) is 23.0 Å². The van der Waals surface area contributed by atoms with Gasteiger partial charge in [0.15, 0.2) is 5.78 Å². The molecule has 0 aromatic heterocycles. The summed E-state index contributed by atoms with van der Waals surface area (Å²) in [5.41, 5.74) is 2.36. The zero-order valence-corrected chi connectivity index (χ0v) is 8.24. The van der Waals surface area contributed by atoms with Gasteiger partial charge in [-0.1, -0.05) is 36.4 Å². The van der Waals surface area contributed by atoms with E-state index >= 15 is 0 Å². The Bertz CT molecular complexity index is 436. The summed E-state index contributed by atoms with van der Waals surface area (Å²) >= 11 is 6.09. The number of allylic oxidation sites excluding steroid dienone is 2. The first kappa shape index (κ1) is 8.25. The number of hydrogen-bond donors (Lipinski definition) is 0. The Hall–Kier alpha value is -1.08. The van der Waals surface area contributed by atoms with Gasteiger partial charge < -0.3 is 0 Å². The Kier molecular flexibility index (Phi) is 1.59. The molecule has 1 nitrogen and oxygen atoms in total. The van der Waals surface area contributed by atoms with Crippen LogP contribution in [0.5, 0.6) is 0 Å². The molecule has 0 aliphatic heterocycles. The summed E-state index contributed by atoms with van der Waals surface area (Å²) in [6.45, 7) is 0. The van der Waals surface area contributed by atoms with Gasteiger partial charge in [0.1, 0.15) is 5.38 Å². The standard InChI is InChI=1S/C12H9ClO/c13-11-9-5-6-10(12(11)14)8-4-2-1-3-7(8)9/h1-6,9-11H/t9?,10?,11-/m0/s1. The van der Waals surface area contributed by atoms with Crippen LogP contribution in [0.3, 0.4) is 0 Å². The minimum absolute atomic E-state index is 0.0883. The molecule has 14 heavy (non-hydrogen) atoms. The summed E-state index contributed by atoms with van der Waals surface area (Å²) in [5.74, 6) is 0.141. The van der Waals surface area contributed by atoms with E-state index in [1.807, 2.05) is 24.3 Å². The summed E-state index contributed by atoms with van der Waals surface area (Å²) < 4.78 is 0. The average Bonchev–Trinajstić information content (AvgIpc) is 2.24. The molecule has 3 atom stereocenters. The fourth-order valence-corrected chi connectivity index (χ4v) is 2.74. The van der Waals surface area contributed by atoms with Crippen LogP contribution in [0.4, 0.5) is 0 Å². The maximum Gasteiger partial charge on any atom is 0.162 e. The molecule has 0 saturated carbocycles. The Morgan fingerprint density at radius 2 is 1.79 bits per heavy atom. The Labute approximate surface area is 87.4 Å². The van der Waals surface area contributed by atoms with Gasteiger partial charge in [0, 0.05) is 5.92 Å². The van der Waals surface area contributed by atoms with E-state index in [0.717, 1.165) is 5.56 Å². The maximum absolute atomic E-state index is 11.8. The second-order valence-electron chi connectivity index (χ2n) is 3.82. The van der Waals surface area contributed by atoms with Crippen molar-refractivity contribution in [2.24, 2.45) is 0 Å². The van der Waals surface area contributed by atoms with E-state index in [9.17, 15) is 4.79 Å². The smallest absolute Gasteiger partial charge is 0.162 e. The molecule has 0 heterocycles. The van der Waals surface area contributed by atoms with E-state index in [-0.39, 0.29) is 23.0 Å². The normalized spacial score (nSPS) is 33.2. The highest BCUT2D eigenvalue weighted by atomic mass is 35.5. The Balaban J connectivity index is 2.26. The van der Waals surface area contributed by atoms with Crippen LogP contribution >= 0.6 is 11.6 Å². The molecule has 2 unspecified atom stereocenters. The summed E-state index contributed by atoms with van der Waals surface area (Å²) in [7, 11) is 0. The summed E-state index contributed by atoms with van der Waals surface area (Å²) in [6.07, 6.45) is 4.04. The number of carbonyl (C=O) groups excluding carboxylic acids is 1. The van der Waals surface area contributed by atoms with Gasteiger partial charge in [-0.3, -0.25) is 4.79 Å². The number of hydrogen-bond acceptors (Lipinski definition) is 1. The maximum atomic E-state index is 11.8. The van der Waals surface area contributed by atoms with Gasteiger partial charge in [-0.2, -0.15) is 0 Å². The molecule has 2 bridgehead atoms. The fraction of sp³-hybridized carbons (Fsp3) is 0.250. The molecule has 4 rings (SSSR count). The molecule has 70 valence electrons. The highest BCUT2D eigenvalue weighted by Gasteiger charge is 2.41. The van der Waals surface area contributed by atoms with Crippen LogP contribution < -0.4 is 0 Å². The van der Waals surface area contributed by atoms with Crippen LogP contribution in [0.15, 0.2) is 36.4 Å². The molecule has 0 N–H and O–H groups in total. The van der Waals surface area contributed by atoms with Crippen molar-refractivity contribution in [1.29, 1.82) is 0 Å². The lowest BCUT2D eigenvalue weighted by atomic mass is 9.70. The van der Waals surface area contributed by atoms with Crippen molar-refractivity contribution in [3.63, 3.8) is 0 Å². The first-order chi connectivity index (χ1) is 6.79. The first-order valence-corrected chi connectivity index (χ1v) is 5.17. The molecule has 0 fully saturated rings. The molecule has 2 heteroatoms. The molecule has 0 spiro atoms. The van der Waals surface area contributed by atoms with Crippen LogP contribution in [0, 0.1) is 0 Å². The van der Waals surface area contributed by atoms with Crippen molar-refractivity contribution in [3.05, 3.63) is 47.5 Å². The Morgan fingerprint density at radius 1 is 1.07 bits per heavy atom. The van der Waals surface area contributed by atoms with Crippen molar-refractivity contribution in [2.45, 2.75) is 17.2 Å². The molecular formula is C12H9ClO. The van der Waals surface area contributed by atoms with E-state index in [0.29, 0.717) is 0 Å². The topological polar surface area (TPSA) is 17.1 Å². The second-order valence-corrected chi connectivity index (χ2v) is 4.29. The summed E-state index contributed by atoms with van der Waals surface area (Å²) in [5, 5.41) is -0.361. The third kappa shape index (κ3) is 0.881. The molecule has 3 aliphatic carbocycles. The second kappa shape index (κ2) is 2.71. The number of carbonyl (C=O) groups is 1. The van der Waals surface area contributed by atoms with Gasteiger partial charge in [0.25, 0.3) is 0 Å². The fourth-order valence-electron chi connectivity index (χ4n) is 2.39. The SMILES string of the molecule is O=C1C2C=CC(c3ccccc32)[C@@H]1Cl. The number of rotatable bonds is 0. The number of benzene rings is 1. The molecule has 0 radical (unpaired) electrons. The Morgan fingerprint density at radius 3 is 2.57 bits per heavy atom. The van der Waals surface area contributed by atoms with Gasteiger partial charge in [-0.25, -0.2) is 0 Å². The van der Waals surface area contributed by atoms with Gasteiger partial charge in [-0.15, -0.1) is 11.6 Å². The van der Waals surface area contributed by atoms with Gasteiger partial charge in [-0.05, 0) is 11.1 Å². The van der Waals surface area contributed by atoms with Crippen molar-refractivity contribution >= 4 is 17.4 Å². The van der Waals surface area contributed by atoms with Crippen molar-refractivity contribution < 1.29 is 4.79 Å². The predicted octanol–water partition coefficient (Wildman–Crippen LogP) is 2.61. The quantitative estimate of drug-likeness (QED) is 0.469. The zero-order chi connectivity index (χ0) is 9.71. The third-order valence-electron chi connectivity index (χ3n) is 3.09. The van der Waals surface area contributed by atoms with E-state index in [2.05, 4.69) is 12.1 Å². The lowest BCUT2D eigenvalue weighted by molar-refractivity contribution is -0.120. The van der Waals surface area contributed by atoms with Crippen molar-refractivity contribution in [1.82, 2.24) is 0 Å². The lowest BCUT2D eigenvalue weighted by Crippen LogP contribution is -2.36. The molecule has 0 saturated heterocycles. The minimum atomic E-state index is -0.361. The molecule has 3 aliphatic rings. The van der Waals surface area contributed by atoms with Crippen molar-refractivity contribution in [3.8, 4) is 0 Å². The zero-order valence-electron chi connectivity index (χ0n) is 7.48. The van der Waals surface area contributed by atoms with E-state index in [1.54, 1.807) is 0 Å². The van der Waals surface area contributed by atoms with Crippen LogP contribution in [-0.2, 0) is 4.79 Å². The van der Waals surface area contributed by atoms with Gasteiger partial charge in [0.2, 0.25) is 0 Å². The predicted molar refractivity (Wildman–Crippen MR) is 55.7 cm³/mol. The number of ketones is 1. The van der Waals surface area contributed by atoms with Crippen molar-refractivity contribution in [2.75, 3.05) is 0 Å². The molecule has 1 aromatic carbocycles. The van der Waals surface area contributed by atoms with Gasteiger partial charge in [0.05, 0.1) is 5.92 Å². The van der Waals surface area contributed by atoms with Crippen LogP contribution in [0.25, 0.3) is 0 Å².